The van der Waals surface area contributed by atoms with Gasteiger partial charge in [0.15, 0.2) is 0 Å². The van der Waals surface area contributed by atoms with E-state index in [4.69, 9.17) is 17.3 Å². The molecule has 5 heteroatoms. The zero-order valence-corrected chi connectivity index (χ0v) is 15.0. The average molecular weight is 432 g/mol. The molecule has 0 aliphatic carbocycles. The van der Waals surface area contributed by atoms with Crippen LogP contribution in [-0.4, -0.2) is 0 Å². The van der Waals surface area contributed by atoms with Crippen LogP contribution in [0.15, 0.2) is 50.7 Å². The molecular weight excluding hydrogens is 422 g/mol. The first-order valence-electron chi connectivity index (χ1n) is 5.94. The monoisotopic (exact) mass is 429 g/mol. The van der Waals surface area contributed by atoms with Crippen molar-refractivity contribution in [2.24, 2.45) is 5.73 Å². The van der Waals surface area contributed by atoms with Gasteiger partial charge in [-0.05, 0) is 56.0 Å². The van der Waals surface area contributed by atoms with E-state index in [1.165, 1.54) is 10.1 Å². The van der Waals surface area contributed by atoms with Gasteiger partial charge in [-0.15, -0.1) is 11.3 Å². The van der Waals surface area contributed by atoms with E-state index >= 15 is 0 Å². The highest BCUT2D eigenvalue weighted by atomic mass is 79.9. The van der Waals surface area contributed by atoms with Gasteiger partial charge in [0, 0.05) is 18.7 Å². The van der Waals surface area contributed by atoms with Crippen LogP contribution >= 0.6 is 54.8 Å². The van der Waals surface area contributed by atoms with Gasteiger partial charge in [-0.25, -0.2) is 0 Å². The minimum atomic E-state index is -0.223. The number of hydrogen-bond acceptors (Lipinski definition) is 2. The molecule has 2 aromatic carbocycles. The van der Waals surface area contributed by atoms with Crippen LogP contribution in [-0.2, 0) is 0 Å². The highest BCUT2D eigenvalue weighted by Gasteiger charge is 2.17. The minimum Gasteiger partial charge on any atom is -0.320 e. The van der Waals surface area contributed by atoms with E-state index < -0.39 is 0 Å². The van der Waals surface area contributed by atoms with Crippen molar-refractivity contribution in [1.29, 1.82) is 0 Å². The Morgan fingerprint density at radius 1 is 1.10 bits per heavy atom. The molecule has 0 spiro atoms. The molecule has 0 saturated carbocycles. The molecule has 1 unspecified atom stereocenters. The van der Waals surface area contributed by atoms with Crippen molar-refractivity contribution in [1.82, 2.24) is 0 Å². The van der Waals surface area contributed by atoms with Crippen LogP contribution in [0, 0.1) is 0 Å². The van der Waals surface area contributed by atoms with E-state index in [0.717, 1.165) is 20.1 Å². The van der Waals surface area contributed by atoms with Crippen LogP contribution in [0.1, 0.15) is 17.2 Å². The van der Waals surface area contributed by atoms with Gasteiger partial charge in [0.2, 0.25) is 0 Å². The van der Waals surface area contributed by atoms with Gasteiger partial charge in [0.1, 0.15) is 0 Å². The second-order valence-electron chi connectivity index (χ2n) is 4.45. The molecule has 0 radical (unpaired) electrons. The summed E-state index contributed by atoms with van der Waals surface area (Å²) in [5, 5.41) is 3.97. The summed E-state index contributed by atoms with van der Waals surface area (Å²) in [5.41, 5.74) is 8.47. The van der Waals surface area contributed by atoms with Gasteiger partial charge in [-0.2, -0.15) is 0 Å². The highest BCUT2D eigenvalue weighted by Crippen LogP contribution is 2.38. The summed E-state index contributed by atoms with van der Waals surface area (Å²) < 4.78 is 3.27. The number of halogens is 3. The molecule has 1 atom stereocenters. The molecule has 2 N–H and O–H groups in total. The topological polar surface area (TPSA) is 26.0 Å². The fraction of sp³-hybridized carbons (Fsp3) is 0.0667. The Morgan fingerprint density at radius 2 is 1.90 bits per heavy atom. The predicted molar refractivity (Wildman–Crippen MR) is 94.7 cm³/mol. The standard InChI is InChI=1S/C15H10Br2ClNS/c16-8-4-5-10(13(18)6-8)14(19)11-7-20-15-9(11)2-1-3-12(15)17/h1-7,14H,19H2. The lowest BCUT2D eigenvalue weighted by atomic mass is 9.99. The van der Waals surface area contributed by atoms with Crippen molar-refractivity contribution in [3.63, 3.8) is 0 Å². The van der Waals surface area contributed by atoms with Crippen LogP contribution < -0.4 is 5.73 Å². The molecule has 1 aromatic heterocycles. The van der Waals surface area contributed by atoms with E-state index in [9.17, 15) is 0 Å². The molecule has 0 aliphatic rings. The fourth-order valence-electron chi connectivity index (χ4n) is 2.20. The summed E-state index contributed by atoms with van der Waals surface area (Å²) >= 11 is 15.0. The number of rotatable bonds is 2. The summed E-state index contributed by atoms with van der Waals surface area (Å²) in [7, 11) is 0. The molecule has 1 nitrogen and oxygen atoms in total. The normalized spacial score (nSPS) is 12.8. The first-order valence-corrected chi connectivity index (χ1v) is 8.78. The average Bonchev–Trinajstić information content (AvgIpc) is 2.83. The SMILES string of the molecule is NC(c1ccc(Br)cc1Cl)c1csc2c(Br)cccc12. The van der Waals surface area contributed by atoms with Gasteiger partial charge in [0.25, 0.3) is 0 Å². The molecule has 0 bridgehead atoms. The number of hydrogen-bond donors (Lipinski definition) is 1. The lowest BCUT2D eigenvalue weighted by molar-refractivity contribution is 0.884. The first-order chi connectivity index (χ1) is 9.58. The van der Waals surface area contributed by atoms with Crippen LogP contribution in [0.4, 0.5) is 0 Å². The van der Waals surface area contributed by atoms with E-state index in [0.29, 0.717) is 5.02 Å². The summed E-state index contributed by atoms with van der Waals surface area (Å²) in [6.07, 6.45) is 0. The Morgan fingerprint density at radius 3 is 2.65 bits per heavy atom. The maximum Gasteiger partial charge on any atom is 0.0580 e. The van der Waals surface area contributed by atoms with E-state index in [-0.39, 0.29) is 6.04 Å². The number of benzene rings is 2. The summed E-state index contributed by atoms with van der Waals surface area (Å²) in [4.78, 5) is 0. The van der Waals surface area contributed by atoms with Crippen LogP contribution in [0.3, 0.4) is 0 Å². The van der Waals surface area contributed by atoms with Crippen molar-refractivity contribution in [3.8, 4) is 0 Å². The van der Waals surface area contributed by atoms with Gasteiger partial charge >= 0.3 is 0 Å². The van der Waals surface area contributed by atoms with Crippen LogP contribution in [0.25, 0.3) is 10.1 Å². The van der Waals surface area contributed by atoms with E-state index in [1.54, 1.807) is 11.3 Å². The third kappa shape index (κ3) is 2.55. The lowest BCUT2D eigenvalue weighted by Crippen LogP contribution is -2.11. The smallest absolute Gasteiger partial charge is 0.0580 e. The largest absolute Gasteiger partial charge is 0.320 e. The molecule has 102 valence electrons. The molecule has 1 heterocycles. The van der Waals surface area contributed by atoms with E-state index in [2.05, 4.69) is 43.3 Å². The van der Waals surface area contributed by atoms with Crippen molar-refractivity contribution in [2.45, 2.75) is 6.04 Å². The van der Waals surface area contributed by atoms with Crippen LogP contribution in [0.5, 0.6) is 0 Å². The molecule has 0 fully saturated rings. The molecule has 0 aliphatic heterocycles. The summed E-state index contributed by atoms with van der Waals surface area (Å²) in [6, 6.07) is 11.8. The molecule has 3 rings (SSSR count). The van der Waals surface area contributed by atoms with Crippen molar-refractivity contribution in [3.05, 3.63) is 66.9 Å². The van der Waals surface area contributed by atoms with Crippen molar-refractivity contribution in [2.75, 3.05) is 0 Å². The zero-order valence-electron chi connectivity index (χ0n) is 10.2. The van der Waals surface area contributed by atoms with Crippen LogP contribution in [0.2, 0.25) is 5.02 Å². The van der Waals surface area contributed by atoms with Gasteiger partial charge in [-0.3, -0.25) is 0 Å². The Hall–Kier alpha value is -0.390. The molecule has 3 aromatic rings. The zero-order chi connectivity index (χ0) is 14.3. The molecule has 0 amide bonds. The number of nitrogens with two attached hydrogens (primary N) is 1. The Kier molecular flexibility index (Phi) is 4.20. The highest BCUT2D eigenvalue weighted by molar-refractivity contribution is 9.11. The summed E-state index contributed by atoms with van der Waals surface area (Å²) in [5.74, 6) is 0. The van der Waals surface area contributed by atoms with E-state index in [1.807, 2.05) is 30.3 Å². The third-order valence-electron chi connectivity index (χ3n) is 3.21. The molecule has 20 heavy (non-hydrogen) atoms. The van der Waals surface area contributed by atoms with Crippen molar-refractivity contribution < 1.29 is 0 Å². The Balaban J connectivity index is 2.13. The maximum atomic E-state index is 6.42. The Labute approximate surface area is 143 Å². The maximum absolute atomic E-state index is 6.42. The molecular formula is C15H10Br2ClNS. The quantitative estimate of drug-likeness (QED) is 0.519. The lowest BCUT2D eigenvalue weighted by Gasteiger charge is -2.13. The Bertz CT molecular complexity index is 785. The minimum absolute atomic E-state index is 0.223. The second-order valence-corrected chi connectivity index (χ2v) is 7.51. The first kappa shape index (κ1) is 14.5. The second kappa shape index (κ2) is 5.78. The summed E-state index contributed by atoms with van der Waals surface area (Å²) in [6.45, 7) is 0. The van der Waals surface area contributed by atoms with Gasteiger partial charge in [0.05, 0.1) is 6.04 Å². The van der Waals surface area contributed by atoms with Crippen molar-refractivity contribution >= 4 is 64.9 Å². The predicted octanol–water partition coefficient (Wildman–Crippen LogP) is 6.13. The van der Waals surface area contributed by atoms with Gasteiger partial charge in [-0.1, -0.05) is 45.7 Å². The number of fused-ring (bicyclic) bond motifs is 1. The molecule has 0 saturated heterocycles. The third-order valence-corrected chi connectivity index (χ3v) is 6.01. The van der Waals surface area contributed by atoms with Gasteiger partial charge < -0.3 is 5.73 Å². The fourth-order valence-corrected chi connectivity index (χ4v) is 4.65. The number of thiophene rings is 1.